The van der Waals surface area contributed by atoms with Crippen LogP contribution < -0.4 is 16.4 Å². The average Bonchev–Trinajstić information content (AvgIpc) is 3.48. The van der Waals surface area contributed by atoms with Crippen LogP contribution in [0.2, 0.25) is 0 Å². The van der Waals surface area contributed by atoms with Gasteiger partial charge in [-0.1, -0.05) is 12.1 Å². The van der Waals surface area contributed by atoms with Gasteiger partial charge in [0.15, 0.2) is 5.69 Å². The van der Waals surface area contributed by atoms with E-state index in [1.807, 2.05) is 0 Å². The molecule has 3 heterocycles. The van der Waals surface area contributed by atoms with Gasteiger partial charge in [-0.05, 0) is 37.2 Å². The van der Waals surface area contributed by atoms with Gasteiger partial charge in [-0.15, -0.1) is 11.8 Å². The number of carbonyl (C=O) groups is 2. The first-order chi connectivity index (χ1) is 18.9. The predicted molar refractivity (Wildman–Crippen MR) is 136 cm³/mol. The van der Waals surface area contributed by atoms with Crippen molar-refractivity contribution in [3.05, 3.63) is 71.2 Å². The third kappa shape index (κ3) is 4.97. The summed E-state index contributed by atoms with van der Waals surface area (Å²) in [5, 5.41) is 8.83. The molecule has 40 heavy (non-hydrogen) atoms. The molecule has 15 heteroatoms. The van der Waals surface area contributed by atoms with Gasteiger partial charge < -0.3 is 16.4 Å². The molecule has 0 saturated carbocycles. The fraction of sp³-hybridized carbons (Fsp3) is 0.200. The number of hydrogen-bond acceptors (Lipinski definition) is 6. The van der Waals surface area contributed by atoms with Crippen molar-refractivity contribution in [2.75, 3.05) is 22.9 Å². The van der Waals surface area contributed by atoms with Crippen LogP contribution in [0, 0.1) is 0 Å². The van der Waals surface area contributed by atoms with E-state index in [0.717, 1.165) is 18.0 Å². The number of pyridine rings is 1. The molecule has 0 spiro atoms. The van der Waals surface area contributed by atoms with E-state index in [-0.39, 0.29) is 34.0 Å². The number of benzene rings is 2. The maximum atomic E-state index is 14.3. The quantitative estimate of drug-likeness (QED) is 0.146. The van der Waals surface area contributed by atoms with Gasteiger partial charge >= 0.3 is 12.4 Å². The van der Waals surface area contributed by atoms with Crippen LogP contribution in [-0.4, -0.2) is 38.9 Å². The minimum absolute atomic E-state index is 0.0524. The van der Waals surface area contributed by atoms with Crippen LogP contribution in [0.25, 0.3) is 16.5 Å². The van der Waals surface area contributed by atoms with E-state index in [0.29, 0.717) is 34.4 Å². The zero-order chi connectivity index (χ0) is 28.8. The number of amides is 2. The SMILES string of the molecule is NCCCSc1ncc(NC(=O)c2cnn(-c3ccc4c5c(cccc35)C(=O)N4)c2C(F)(F)F)cc1C(F)(F)F. The number of hydrogen-bond donors (Lipinski definition) is 3. The molecule has 4 N–H and O–H groups in total. The first-order valence-electron chi connectivity index (χ1n) is 11.6. The molecule has 2 aromatic carbocycles. The van der Waals surface area contributed by atoms with E-state index < -0.39 is 46.7 Å². The van der Waals surface area contributed by atoms with Crippen molar-refractivity contribution >= 4 is 45.7 Å². The summed E-state index contributed by atoms with van der Waals surface area (Å²) in [6, 6.07) is 7.89. The number of carbonyl (C=O) groups excluding carboxylic acids is 2. The molecule has 0 bridgehead atoms. The fourth-order valence-electron chi connectivity index (χ4n) is 4.32. The van der Waals surface area contributed by atoms with Gasteiger partial charge in [0.2, 0.25) is 0 Å². The van der Waals surface area contributed by atoms with E-state index in [9.17, 15) is 35.9 Å². The predicted octanol–water partition coefficient (Wildman–Crippen LogP) is 5.72. The Labute approximate surface area is 225 Å². The third-order valence-electron chi connectivity index (χ3n) is 6.02. The highest BCUT2D eigenvalue weighted by Crippen LogP contribution is 2.40. The number of nitrogens with one attached hydrogen (secondary N) is 2. The Morgan fingerprint density at radius 3 is 2.55 bits per heavy atom. The van der Waals surface area contributed by atoms with Crippen molar-refractivity contribution in [2.45, 2.75) is 23.8 Å². The lowest BCUT2D eigenvalue weighted by atomic mass is 10.0. The molecule has 4 aromatic rings. The number of nitrogens with zero attached hydrogens (tertiary/aromatic N) is 3. The molecule has 0 unspecified atom stereocenters. The molecule has 1 aliphatic rings. The molecule has 0 fully saturated rings. The number of aromatic nitrogens is 3. The van der Waals surface area contributed by atoms with Gasteiger partial charge in [-0.25, -0.2) is 9.67 Å². The number of halogens is 6. The molecule has 8 nitrogen and oxygen atoms in total. The van der Waals surface area contributed by atoms with Crippen LogP contribution in [0.5, 0.6) is 0 Å². The molecular weight excluding hydrogens is 562 g/mol. The lowest BCUT2D eigenvalue weighted by Crippen LogP contribution is -2.21. The smallest absolute Gasteiger partial charge is 0.330 e. The summed E-state index contributed by atoms with van der Waals surface area (Å²) in [6.45, 7) is 0.272. The van der Waals surface area contributed by atoms with Crippen molar-refractivity contribution < 1.29 is 35.9 Å². The Hall–Kier alpha value is -4.11. The van der Waals surface area contributed by atoms with E-state index in [1.165, 1.54) is 30.3 Å². The summed E-state index contributed by atoms with van der Waals surface area (Å²) in [7, 11) is 0. The van der Waals surface area contributed by atoms with Gasteiger partial charge in [0, 0.05) is 27.8 Å². The second kappa shape index (κ2) is 10.1. The molecular formula is C25H18F6N6O2S. The van der Waals surface area contributed by atoms with Crippen molar-refractivity contribution in [1.29, 1.82) is 0 Å². The molecule has 0 aliphatic carbocycles. The maximum absolute atomic E-state index is 14.3. The van der Waals surface area contributed by atoms with Crippen LogP contribution in [0.4, 0.5) is 37.7 Å². The highest BCUT2D eigenvalue weighted by atomic mass is 32.2. The fourth-order valence-corrected chi connectivity index (χ4v) is 5.28. The first kappa shape index (κ1) is 27.5. The average molecular weight is 581 g/mol. The van der Waals surface area contributed by atoms with Crippen molar-refractivity contribution in [2.24, 2.45) is 5.73 Å². The second-order valence-corrected chi connectivity index (χ2v) is 9.73. The summed E-state index contributed by atoms with van der Waals surface area (Å²) in [5.41, 5.74) is 2.05. The summed E-state index contributed by atoms with van der Waals surface area (Å²) < 4.78 is 84.4. The van der Waals surface area contributed by atoms with E-state index >= 15 is 0 Å². The first-order valence-corrected chi connectivity index (χ1v) is 12.6. The normalized spacial score (nSPS) is 13.1. The second-order valence-electron chi connectivity index (χ2n) is 8.65. The highest BCUT2D eigenvalue weighted by Gasteiger charge is 2.41. The summed E-state index contributed by atoms with van der Waals surface area (Å²) in [6.07, 6.45) is -7.85. The molecule has 1 aliphatic heterocycles. The number of thioether (sulfide) groups is 1. The molecule has 5 rings (SSSR count). The number of rotatable bonds is 7. The van der Waals surface area contributed by atoms with Crippen molar-refractivity contribution in [1.82, 2.24) is 14.8 Å². The van der Waals surface area contributed by atoms with Gasteiger partial charge in [0.05, 0.1) is 34.9 Å². The summed E-state index contributed by atoms with van der Waals surface area (Å²) >= 11 is 0.825. The lowest BCUT2D eigenvalue weighted by molar-refractivity contribution is -0.143. The van der Waals surface area contributed by atoms with Gasteiger partial charge in [-0.3, -0.25) is 9.59 Å². The van der Waals surface area contributed by atoms with Crippen LogP contribution in [0.15, 0.2) is 53.8 Å². The van der Waals surface area contributed by atoms with Gasteiger partial charge in [0.25, 0.3) is 11.8 Å². The van der Waals surface area contributed by atoms with Crippen molar-refractivity contribution in [3.63, 3.8) is 0 Å². The Bertz CT molecular complexity index is 1650. The third-order valence-corrected chi connectivity index (χ3v) is 7.11. The van der Waals surface area contributed by atoms with Gasteiger partial charge in [-0.2, -0.15) is 31.4 Å². The molecule has 208 valence electrons. The Morgan fingerprint density at radius 1 is 1.07 bits per heavy atom. The lowest BCUT2D eigenvalue weighted by Gasteiger charge is -2.16. The zero-order valence-corrected chi connectivity index (χ0v) is 21.0. The molecule has 0 atom stereocenters. The Balaban J connectivity index is 1.53. The van der Waals surface area contributed by atoms with Crippen LogP contribution in [-0.2, 0) is 12.4 Å². The van der Waals surface area contributed by atoms with Crippen LogP contribution in [0.1, 0.15) is 38.4 Å². The monoisotopic (exact) mass is 580 g/mol. The van der Waals surface area contributed by atoms with Gasteiger partial charge in [0.1, 0.15) is 5.03 Å². The number of anilines is 2. The molecule has 0 saturated heterocycles. The zero-order valence-electron chi connectivity index (χ0n) is 20.2. The molecule has 0 radical (unpaired) electrons. The summed E-state index contributed by atoms with van der Waals surface area (Å²) in [5.74, 6) is -1.47. The highest BCUT2D eigenvalue weighted by molar-refractivity contribution is 7.99. The van der Waals surface area contributed by atoms with Crippen LogP contribution >= 0.6 is 11.8 Å². The maximum Gasteiger partial charge on any atom is 0.434 e. The minimum atomic E-state index is -5.08. The number of nitrogens with two attached hydrogens (primary N) is 1. The Morgan fingerprint density at radius 2 is 1.85 bits per heavy atom. The number of alkyl halides is 6. The standard InChI is InChI=1S/C25H18F6N6O2S/c26-24(27,28)16-9-12(10-33-23(16)40-8-2-7-32)35-22(39)15-11-34-37(20(15)25(29,30)31)18-6-5-17-19-13(18)3-1-4-14(19)21(38)36-17/h1,3-6,9-11H,2,7-8,32H2,(H,35,39)(H,36,38). The topological polar surface area (TPSA) is 115 Å². The summed E-state index contributed by atoms with van der Waals surface area (Å²) in [4.78, 5) is 28.9. The molecule has 2 amide bonds. The minimum Gasteiger partial charge on any atom is -0.330 e. The van der Waals surface area contributed by atoms with Crippen LogP contribution in [0.3, 0.4) is 0 Å². The van der Waals surface area contributed by atoms with E-state index in [4.69, 9.17) is 5.73 Å². The van der Waals surface area contributed by atoms with E-state index in [2.05, 4.69) is 20.7 Å². The van der Waals surface area contributed by atoms with E-state index in [1.54, 1.807) is 0 Å². The molecule has 2 aromatic heterocycles. The van der Waals surface area contributed by atoms with Crippen molar-refractivity contribution in [3.8, 4) is 5.69 Å². The largest absolute Gasteiger partial charge is 0.434 e. The Kier molecular flexibility index (Phi) is 6.95.